The van der Waals surface area contributed by atoms with Gasteiger partial charge in [-0.05, 0) is 36.4 Å². The molecular formula is C17H12F2N4O2S. The van der Waals surface area contributed by atoms with E-state index in [9.17, 15) is 18.4 Å². The Morgan fingerprint density at radius 3 is 2.38 bits per heavy atom. The van der Waals surface area contributed by atoms with E-state index in [4.69, 9.17) is 0 Å². The van der Waals surface area contributed by atoms with Crippen LogP contribution in [0.4, 0.5) is 30.1 Å². The van der Waals surface area contributed by atoms with Gasteiger partial charge in [-0.3, -0.25) is 10.1 Å². The molecule has 0 aliphatic heterocycles. The third-order valence-corrected chi connectivity index (χ3v) is 3.94. The minimum Gasteiger partial charge on any atom is -0.318 e. The summed E-state index contributed by atoms with van der Waals surface area (Å²) in [4.78, 5) is 28.0. The summed E-state index contributed by atoms with van der Waals surface area (Å²) in [6.45, 7) is 0. The van der Waals surface area contributed by atoms with Crippen molar-refractivity contribution < 1.29 is 18.4 Å². The van der Waals surface area contributed by atoms with E-state index >= 15 is 0 Å². The zero-order valence-electron chi connectivity index (χ0n) is 13.1. The number of carbonyl (C=O) groups excluding carboxylic acids is 2. The number of aromatic nitrogens is 1. The van der Waals surface area contributed by atoms with Crippen LogP contribution in [0.15, 0.2) is 53.9 Å². The SMILES string of the molecule is O=C(Nc1ccc(F)cc1)Nc1nc(C(=O)Nc2ccccc2F)cs1. The molecule has 0 aliphatic rings. The number of carbonyl (C=O) groups is 2. The molecule has 0 fully saturated rings. The van der Waals surface area contributed by atoms with Crippen molar-refractivity contribution in [1.82, 2.24) is 4.98 Å². The molecular weight excluding hydrogens is 362 g/mol. The molecule has 6 nitrogen and oxygen atoms in total. The van der Waals surface area contributed by atoms with Crippen molar-refractivity contribution in [3.05, 3.63) is 71.2 Å². The Kier molecular flexibility index (Phi) is 5.18. The number of amides is 3. The van der Waals surface area contributed by atoms with Gasteiger partial charge >= 0.3 is 6.03 Å². The van der Waals surface area contributed by atoms with Crippen molar-refractivity contribution in [2.45, 2.75) is 0 Å². The quantitative estimate of drug-likeness (QED) is 0.636. The predicted molar refractivity (Wildman–Crippen MR) is 95.5 cm³/mol. The third-order valence-electron chi connectivity index (χ3n) is 3.18. The van der Waals surface area contributed by atoms with Crippen LogP contribution >= 0.6 is 11.3 Å². The topological polar surface area (TPSA) is 83.1 Å². The van der Waals surface area contributed by atoms with Crippen LogP contribution in [0.5, 0.6) is 0 Å². The number of nitrogens with one attached hydrogen (secondary N) is 3. The van der Waals surface area contributed by atoms with Gasteiger partial charge in [-0.25, -0.2) is 18.6 Å². The maximum atomic E-state index is 13.6. The van der Waals surface area contributed by atoms with Gasteiger partial charge in [-0.1, -0.05) is 12.1 Å². The minimum absolute atomic E-state index is 0.0362. The Labute approximate surface area is 150 Å². The average molecular weight is 374 g/mol. The number of urea groups is 1. The molecule has 9 heteroatoms. The van der Waals surface area contributed by atoms with Gasteiger partial charge in [-0.15, -0.1) is 11.3 Å². The van der Waals surface area contributed by atoms with Gasteiger partial charge in [0, 0.05) is 11.1 Å². The Morgan fingerprint density at radius 2 is 1.65 bits per heavy atom. The molecule has 0 unspecified atom stereocenters. The fourth-order valence-electron chi connectivity index (χ4n) is 1.98. The molecule has 3 amide bonds. The summed E-state index contributed by atoms with van der Waals surface area (Å²) in [5.41, 5.74) is 0.474. The Bertz CT molecular complexity index is 944. The van der Waals surface area contributed by atoms with E-state index in [1.54, 1.807) is 6.07 Å². The molecule has 0 radical (unpaired) electrons. The second-order valence-corrected chi connectivity index (χ2v) is 5.92. The largest absolute Gasteiger partial charge is 0.325 e. The Balaban J connectivity index is 1.60. The molecule has 0 saturated carbocycles. The fourth-order valence-corrected chi connectivity index (χ4v) is 2.66. The Morgan fingerprint density at radius 1 is 0.923 bits per heavy atom. The van der Waals surface area contributed by atoms with Crippen LogP contribution in [-0.2, 0) is 0 Å². The van der Waals surface area contributed by atoms with Crippen LogP contribution in [0, 0.1) is 11.6 Å². The maximum absolute atomic E-state index is 13.6. The summed E-state index contributed by atoms with van der Waals surface area (Å²) in [6, 6.07) is 10.4. The van der Waals surface area contributed by atoms with Crippen LogP contribution in [0.3, 0.4) is 0 Å². The molecule has 26 heavy (non-hydrogen) atoms. The second-order valence-electron chi connectivity index (χ2n) is 5.06. The maximum Gasteiger partial charge on any atom is 0.325 e. The number of para-hydroxylation sites is 1. The first-order valence-corrected chi connectivity index (χ1v) is 8.24. The molecule has 0 aliphatic carbocycles. The molecule has 0 atom stereocenters. The van der Waals surface area contributed by atoms with Gasteiger partial charge in [0.2, 0.25) is 0 Å². The van der Waals surface area contributed by atoms with E-state index in [1.807, 2.05) is 0 Å². The van der Waals surface area contributed by atoms with E-state index in [0.717, 1.165) is 11.3 Å². The summed E-state index contributed by atoms with van der Waals surface area (Å²) in [5.74, 6) is -1.58. The van der Waals surface area contributed by atoms with Gasteiger partial charge in [0.25, 0.3) is 5.91 Å². The lowest BCUT2D eigenvalue weighted by atomic mass is 10.3. The molecule has 2 aromatic carbocycles. The lowest BCUT2D eigenvalue weighted by Gasteiger charge is -2.05. The van der Waals surface area contributed by atoms with Crippen LogP contribution in [0.2, 0.25) is 0 Å². The molecule has 132 valence electrons. The normalized spacial score (nSPS) is 10.2. The van der Waals surface area contributed by atoms with Crippen LogP contribution in [0.1, 0.15) is 10.5 Å². The molecule has 0 spiro atoms. The molecule has 1 aromatic heterocycles. The zero-order valence-corrected chi connectivity index (χ0v) is 13.9. The molecule has 0 saturated heterocycles. The zero-order chi connectivity index (χ0) is 18.5. The summed E-state index contributed by atoms with van der Waals surface area (Å²) >= 11 is 1.04. The van der Waals surface area contributed by atoms with Crippen molar-refractivity contribution in [3.63, 3.8) is 0 Å². The average Bonchev–Trinajstić information content (AvgIpc) is 3.07. The van der Waals surface area contributed by atoms with Crippen molar-refractivity contribution in [3.8, 4) is 0 Å². The lowest BCUT2D eigenvalue weighted by Crippen LogP contribution is -2.19. The van der Waals surface area contributed by atoms with E-state index in [0.29, 0.717) is 5.69 Å². The highest BCUT2D eigenvalue weighted by Gasteiger charge is 2.14. The number of halogens is 2. The number of anilines is 3. The van der Waals surface area contributed by atoms with Crippen LogP contribution in [0.25, 0.3) is 0 Å². The summed E-state index contributed by atoms with van der Waals surface area (Å²) in [7, 11) is 0. The number of nitrogens with zero attached hydrogens (tertiary/aromatic N) is 1. The number of rotatable bonds is 4. The highest BCUT2D eigenvalue weighted by molar-refractivity contribution is 7.14. The van der Waals surface area contributed by atoms with Crippen molar-refractivity contribution in [2.24, 2.45) is 0 Å². The second kappa shape index (κ2) is 7.70. The first-order chi connectivity index (χ1) is 12.5. The highest BCUT2D eigenvalue weighted by atomic mass is 32.1. The number of hydrogen-bond donors (Lipinski definition) is 3. The smallest absolute Gasteiger partial charge is 0.318 e. The van der Waals surface area contributed by atoms with Gasteiger partial charge in [0.1, 0.15) is 17.3 Å². The summed E-state index contributed by atoms with van der Waals surface area (Å²) < 4.78 is 26.4. The minimum atomic E-state index is -0.599. The molecule has 1 heterocycles. The van der Waals surface area contributed by atoms with E-state index in [-0.39, 0.29) is 16.5 Å². The predicted octanol–water partition coefficient (Wildman–Crippen LogP) is 4.32. The lowest BCUT2D eigenvalue weighted by molar-refractivity contribution is 0.102. The monoisotopic (exact) mass is 374 g/mol. The third kappa shape index (κ3) is 4.39. The summed E-state index contributed by atoms with van der Waals surface area (Å²) in [5, 5.41) is 8.99. The van der Waals surface area contributed by atoms with Gasteiger partial charge < -0.3 is 10.6 Å². The molecule has 3 aromatic rings. The standard InChI is InChI=1S/C17H12F2N4O2S/c18-10-5-7-11(8-6-10)20-16(25)23-17-22-14(9-26-17)15(24)21-13-4-2-1-3-12(13)19/h1-9H,(H,21,24)(H2,20,22,23,25). The van der Waals surface area contributed by atoms with Gasteiger partial charge in [0.05, 0.1) is 5.69 Å². The number of hydrogen-bond acceptors (Lipinski definition) is 4. The number of benzene rings is 2. The fraction of sp³-hybridized carbons (Fsp3) is 0. The highest BCUT2D eigenvalue weighted by Crippen LogP contribution is 2.19. The van der Waals surface area contributed by atoms with Gasteiger partial charge in [0.15, 0.2) is 5.13 Å². The van der Waals surface area contributed by atoms with Crippen molar-refractivity contribution in [2.75, 3.05) is 16.0 Å². The van der Waals surface area contributed by atoms with Crippen molar-refractivity contribution in [1.29, 1.82) is 0 Å². The summed E-state index contributed by atoms with van der Waals surface area (Å²) in [6.07, 6.45) is 0. The Hall–Kier alpha value is -3.33. The van der Waals surface area contributed by atoms with E-state index in [1.165, 1.54) is 47.8 Å². The van der Waals surface area contributed by atoms with E-state index in [2.05, 4.69) is 20.9 Å². The van der Waals surface area contributed by atoms with Crippen LogP contribution < -0.4 is 16.0 Å². The molecule has 3 N–H and O–H groups in total. The van der Waals surface area contributed by atoms with Gasteiger partial charge in [-0.2, -0.15) is 0 Å². The first-order valence-electron chi connectivity index (χ1n) is 7.36. The van der Waals surface area contributed by atoms with E-state index < -0.39 is 23.6 Å². The molecule has 0 bridgehead atoms. The number of thiazole rings is 1. The van der Waals surface area contributed by atoms with Crippen molar-refractivity contribution >= 4 is 39.8 Å². The first kappa shape index (κ1) is 17.5. The molecule has 3 rings (SSSR count). The van der Waals surface area contributed by atoms with Crippen LogP contribution in [-0.4, -0.2) is 16.9 Å².